The van der Waals surface area contributed by atoms with Crippen molar-refractivity contribution < 1.29 is 0 Å². The number of fused-ring (bicyclic) bond motifs is 1. The van der Waals surface area contributed by atoms with Crippen molar-refractivity contribution >= 4 is 0 Å². The second-order valence-electron chi connectivity index (χ2n) is 4.16. The third-order valence-corrected chi connectivity index (χ3v) is 3.34. The minimum atomic E-state index is 0.763. The normalized spacial score (nSPS) is 37.8. The first-order valence-electron chi connectivity index (χ1n) is 5.37. The Morgan fingerprint density at radius 1 is 1.42 bits per heavy atom. The highest BCUT2D eigenvalue weighted by molar-refractivity contribution is 4.87. The van der Waals surface area contributed by atoms with Gasteiger partial charge in [-0.1, -0.05) is 13.3 Å². The average Bonchev–Trinajstić information content (AvgIpc) is 2.17. The van der Waals surface area contributed by atoms with E-state index in [-0.39, 0.29) is 0 Å². The average molecular weight is 168 g/mol. The monoisotopic (exact) mass is 168 g/mol. The Morgan fingerprint density at radius 3 is 3.17 bits per heavy atom. The zero-order chi connectivity index (χ0) is 8.39. The Labute approximate surface area is 75.3 Å². The van der Waals surface area contributed by atoms with Gasteiger partial charge in [-0.2, -0.15) is 0 Å². The van der Waals surface area contributed by atoms with Crippen LogP contribution in [0, 0.1) is 0 Å². The molecule has 0 radical (unpaired) electrons. The molecular weight excluding hydrogens is 148 g/mol. The summed E-state index contributed by atoms with van der Waals surface area (Å²) in [5.41, 5.74) is 0. The molecule has 0 saturated carbocycles. The molecule has 12 heavy (non-hydrogen) atoms. The van der Waals surface area contributed by atoms with Gasteiger partial charge in [0.25, 0.3) is 0 Å². The Balaban J connectivity index is 1.90. The van der Waals surface area contributed by atoms with Crippen molar-refractivity contribution in [1.82, 2.24) is 10.2 Å². The maximum absolute atomic E-state index is 3.63. The highest BCUT2D eigenvalue weighted by Gasteiger charge is 2.28. The van der Waals surface area contributed by atoms with Crippen molar-refractivity contribution in [3.8, 4) is 0 Å². The molecule has 0 aromatic heterocycles. The van der Waals surface area contributed by atoms with Crippen LogP contribution in [0.15, 0.2) is 0 Å². The molecule has 0 bridgehead atoms. The van der Waals surface area contributed by atoms with Gasteiger partial charge in [-0.15, -0.1) is 0 Å². The van der Waals surface area contributed by atoms with Gasteiger partial charge >= 0.3 is 0 Å². The maximum atomic E-state index is 3.63. The minimum absolute atomic E-state index is 0.763. The van der Waals surface area contributed by atoms with E-state index in [0.717, 1.165) is 12.1 Å². The number of nitrogens with one attached hydrogen (secondary N) is 1. The topological polar surface area (TPSA) is 15.3 Å². The molecule has 2 saturated heterocycles. The molecule has 2 atom stereocenters. The third-order valence-electron chi connectivity index (χ3n) is 3.34. The van der Waals surface area contributed by atoms with E-state index in [0.29, 0.717) is 0 Å². The molecule has 0 aliphatic carbocycles. The molecule has 2 heteroatoms. The van der Waals surface area contributed by atoms with Crippen LogP contribution < -0.4 is 5.32 Å². The van der Waals surface area contributed by atoms with Gasteiger partial charge in [0.2, 0.25) is 0 Å². The fraction of sp³-hybridized carbons (Fsp3) is 1.00. The van der Waals surface area contributed by atoms with Crippen molar-refractivity contribution in [2.24, 2.45) is 0 Å². The molecule has 2 rings (SSSR count). The molecular formula is C10H20N2. The zero-order valence-corrected chi connectivity index (χ0v) is 8.05. The second-order valence-corrected chi connectivity index (χ2v) is 4.16. The number of nitrogens with zero attached hydrogens (tertiary/aromatic N) is 1. The maximum Gasteiger partial charge on any atom is 0.0221 e. The van der Waals surface area contributed by atoms with Gasteiger partial charge in [0.1, 0.15) is 0 Å². The van der Waals surface area contributed by atoms with E-state index in [1.165, 1.54) is 45.3 Å². The minimum Gasteiger partial charge on any atom is -0.311 e. The molecule has 2 fully saturated rings. The first kappa shape index (κ1) is 8.52. The van der Waals surface area contributed by atoms with Gasteiger partial charge in [-0.05, 0) is 25.8 Å². The summed E-state index contributed by atoms with van der Waals surface area (Å²) in [6.45, 7) is 6.16. The van der Waals surface area contributed by atoms with E-state index in [1.54, 1.807) is 0 Å². The Kier molecular flexibility index (Phi) is 2.66. The van der Waals surface area contributed by atoms with Gasteiger partial charge in [-0.3, -0.25) is 4.90 Å². The lowest BCUT2D eigenvalue weighted by atomic mass is 9.98. The molecule has 2 aliphatic heterocycles. The number of hydrogen-bond donors (Lipinski definition) is 1. The quantitative estimate of drug-likeness (QED) is 0.633. The van der Waals surface area contributed by atoms with Gasteiger partial charge in [0.15, 0.2) is 0 Å². The van der Waals surface area contributed by atoms with Crippen LogP contribution in [-0.2, 0) is 0 Å². The number of rotatable bonds is 1. The Hall–Kier alpha value is -0.0800. The van der Waals surface area contributed by atoms with Crippen LogP contribution in [0.3, 0.4) is 0 Å². The SMILES string of the molecule is CC[C@H]1CN2CCCC[C@@H]2CN1. The standard InChI is InChI=1S/C10H20N2/c1-2-9-8-12-6-4-3-5-10(12)7-11-9/h9-11H,2-8H2,1H3/t9-,10+/m0/s1. The molecule has 0 unspecified atom stereocenters. The molecule has 0 aromatic rings. The van der Waals surface area contributed by atoms with Crippen molar-refractivity contribution in [3.63, 3.8) is 0 Å². The van der Waals surface area contributed by atoms with Crippen LogP contribution in [-0.4, -0.2) is 36.6 Å². The fourth-order valence-corrected chi connectivity index (χ4v) is 2.46. The Morgan fingerprint density at radius 2 is 2.33 bits per heavy atom. The first-order chi connectivity index (χ1) is 5.90. The second kappa shape index (κ2) is 3.75. The lowest BCUT2D eigenvalue weighted by molar-refractivity contribution is 0.0940. The summed E-state index contributed by atoms with van der Waals surface area (Å²) in [5.74, 6) is 0. The number of piperidine rings is 1. The summed E-state index contributed by atoms with van der Waals surface area (Å²) < 4.78 is 0. The Bertz CT molecular complexity index is 147. The van der Waals surface area contributed by atoms with E-state index < -0.39 is 0 Å². The summed E-state index contributed by atoms with van der Waals surface area (Å²) in [7, 11) is 0. The molecule has 2 heterocycles. The summed E-state index contributed by atoms with van der Waals surface area (Å²) in [6, 6.07) is 1.63. The van der Waals surface area contributed by atoms with Crippen LogP contribution in [0.1, 0.15) is 32.6 Å². The number of hydrogen-bond acceptors (Lipinski definition) is 2. The van der Waals surface area contributed by atoms with E-state index in [1.807, 2.05) is 0 Å². The highest BCUT2D eigenvalue weighted by atomic mass is 15.2. The van der Waals surface area contributed by atoms with E-state index in [4.69, 9.17) is 0 Å². The van der Waals surface area contributed by atoms with E-state index in [9.17, 15) is 0 Å². The molecule has 70 valence electrons. The van der Waals surface area contributed by atoms with Gasteiger partial charge < -0.3 is 5.32 Å². The van der Waals surface area contributed by atoms with Gasteiger partial charge in [-0.25, -0.2) is 0 Å². The van der Waals surface area contributed by atoms with E-state index >= 15 is 0 Å². The third kappa shape index (κ3) is 1.64. The van der Waals surface area contributed by atoms with Crippen LogP contribution in [0.4, 0.5) is 0 Å². The van der Waals surface area contributed by atoms with Gasteiger partial charge in [0, 0.05) is 25.2 Å². The fourth-order valence-electron chi connectivity index (χ4n) is 2.46. The van der Waals surface area contributed by atoms with Crippen LogP contribution >= 0.6 is 0 Å². The number of piperazine rings is 1. The summed E-state index contributed by atoms with van der Waals surface area (Å²) >= 11 is 0. The predicted molar refractivity (Wildman–Crippen MR) is 51.3 cm³/mol. The van der Waals surface area contributed by atoms with Crippen LogP contribution in [0.5, 0.6) is 0 Å². The van der Waals surface area contributed by atoms with Crippen molar-refractivity contribution in [2.75, 3.05) is 19.6 Å². The summed E-state index contributed by atoms with van der Waals surface area (Å²) in [5, 5.41) is 3.63. The molecule has 1 N–H and O–H groups in total. The molecule has 2 nitrogen and oxygen atoms in total. The lowest BCUT2D eigenvalue weighted by Crippen LogP contribution is -2.57. The lowest BCUT2D eigenvalue weighted by Gasteiger charge is -2.43. The van der Waals surface area contributed by atoms with Crippen LogP contribution in [0.25, 0.3) is 0 Å². The first-order valence-corrected chi connectivity index (χ1v) is 5.37. The van der Waals surface area contributed by atoms with Crippen molar-refractivity contribution in [3.05, 3.63) is 0 Å². The molecule has 0 aromatic carbocycles. The van der Waals surface area contributed by atoms with E-state index in [2.05, 4.69) is 17.1 Å². The predicted octanol–water partition coefficient (Wildman–Crippen LogP) is 1.22. The van der Waals surface area contributed by atoms with Crippen LogP contribution in [0.2, 0.25) is 0 Å². The highest BCUT2D eigenvalue weighted by Crippen LogP contribution is 2.19. The molecule has 0 amide bonds. The summed E-state index contributed by atoms with van der Waals surface area (Å²) in [4.78, 5) is 2.69. The van der Waals surface area contributed by atoms with Crippen molar-refractivity contribution in [2.45, 2.75) is 44.7 Å². The molecule has 0 spiro atoms. The smallest absolute Gasteiger partial charge is 0.0221 e. The summed E-state index contributed by atoms with van der Waals surface area (Å²) in [6.07, 6.45) is 5.57. The largest absolute Gasteiger partial charge is 0.311 e. The van der Waals surface area contributed by atoms with Crippen molar-refractivity contribution in [1.29, 1.82) is 0 Å². The molecule has 2 aliphatic rings. The zero-order valence-electron chi connectivity index (χ0n) is 8.05. The van der Waals surface area contributed by atoms with Gasteiger partial charge in [0.05, 0.1) is 0 Å².